The van der Waals surface area contributed by atoms with E-state index >= 15 is 0 Å². The van der Waals surface area contributed by atoms with Gasteiger partial charge in [-0.3, -0.25) is 9.59 Å². The van der Waals surface area contributed by atoms with Crippen LogP contribution in [0.3, 0.4) is 0 Å². The Balaban J connectivity index is 1.82. The second-order valence-corrected chi connectivity index (χ2v) is 5.38. The summed E-state index contributed by atoms with van der Waals surface area (Å²) >= 11 is 0. The maximum Gasteiger partial charge on any atom is 0.251 e. The monoisotopic (exact) mass is 358 g/mol. The zero-order valence-corrected chi connectivity index (χ0v) is 15.0. The Morgan fingerprint density at radius 1 is 0.846 bits per heavy atom. The molecule has 0 saturated carbocycles. The van der Waals surface area contributed by atoms with Crippen LogP contribution in [0.15, 0.2) is 42.5 Å². The fourth-order valence-corrected chi connectivity index (χ4v) is 2.26. The van der Waals surface area contributed by atoms with Crippen molar-refractivity contribution in [3.05, 3.63) is 53.6 Å². The van der Waals surface area contributed by atoms with Crippen LogP contribution in [0, 0.1) is 0 Å². The molecule has 0 saturated heterocycles. The zero-order valence-electron chi connectivity index (χ0n) is 15.0. The summed E-state index contributed by atoms with van der Waals surface area (Å²) < 4.78 is 15.4. The molecule has 2 N–H and O–H groups in total. The quantitative estimate of drug-likeness (QED) is 0.751. The van der Waals surface area contributed by atoms with Crippen LogP contribution in [-0.2, 0) is 11.3 Å². The Morgan fingerprint density at radius 2 is 1.54 bits per heavy atom. The topological polar surface area (TPSA) is 85.9 Å². The number of rotatable bonds is 8. The summed E-state index contributed by atoms with van der Waals surface area (Å²) in [4.78, 5) is 23.9. The van der Waals surface area contributed by atoms with Crippen LogP contribution in [0.25, 0.3) is 0 Å². The van der Waals surface area contributed by atoms with Gasteiger partial charge in [0.1, 0.15) is 5.75 Å². The van der Waals surface area contributed by atoms with E-state index in [1.165, 1.54) is 0 Å². The number of methoxy groups -OCH3 is 3. The highest BCUT2D eigenvalue weighted by atomic mass is 16.5. The van der Waals surface area contributed by atoms with Crippen molar-refractivity contribution < 1.29 is 23.8 Å². The Bertz CT molecular complexity index is 759. The van der Waals surface area contributed by atoms with Gasteiger partial charge >= 0.3 is 0 Å². The van der Waals surface area contributed by atoms with E-state index in [2.05, 4.69) is 10.6 Å². The zero-order chi connectivity index (χ0) is 18.9. The first-order valence-corrected chi connectivity index (χ1v) is 7.97. The van der Waals surface area contributed by atoms with Crippen LogP contribution >= 0.6 is 0 Å². The Kier molecular flexibility index (Phi) is 6.84. The average molecular weight is 358 g/mol. The number of carbonyl (C=O) groups is 2. The van der Waals surface area contributed by atoms with Gasteiger partial charge in [0, 0.05) is 12.1 Å². The standard InChI is InChI=1S/C19H22N2O5/c1-24-15-7-5-14(6-8-15)19(23)21-12-18(22)20-11-13-4-9-16(25-2)17(10-13)26-3/h4-10H,11-12H2,1-3H3,(H,20,22)(H,21,23). The van der Waals surface area contributed by atoms with E-state index in [1.807, 2.05) is 6.07 Å². The number of hydrogen-bond donors (Lipinski definition) is 2. The van der Waals surface area contributed by atoms with E-state index < -0.39 is 0 Å². The van der Waals surface area contributed by atoms with Crippen molar-refractivity contribution >= 4 is 11.8 Å². The van der Waals surface area contributed by atoms with Gasteiger partial charge in [0.15, 0.2) is 11.5 Å². The Hall–Kier alpha value is -3.22. The second kappa shape index (κ2) is 9.31. The van der Waals surface area contributed by atoms with Crippen molar-refractivity contribution in [2.24, 2.45) is 0 Å². The molecule has 0 aliphatic carbocycles. The predicted octanol–water partition coefficient (Wildman–Crippen LogP) is 1.76. The summed E-state index contributed by atoms with van der Waals surface area (Å²) in [5.41, 5.74) is 1.32. The molecule has 0 unspecified atom stereocenters. The third kappa shape index (κ3) is 5.14. The number of benzene rings is 2. The van der Waals surface area contributed by atoms with Gasteiger partial charge in [-0.05, 0) is 42.0 Å². The van der Waals surface area contributed by atoms with Gasteiger partial charge in [-0.15, -0.1) is 0 Å². The minimum atomic E-state index is -0.325. The van der Waals surface area contributed by atoms with Crippen LogP contribution in [-0.4, -0.2) is 39.7 Å². The molecule has 0 radical (unpaired) electrons. The third-order valence-corrected chi connectivity index (χ3v) is 3.70. The Labute approximate surface area is 152 Å². The number of hydrogen-bond acceptors (Lipinski definition) is 5. The van der Waals surface area contributed by atoms with Gasteiger partial charge in [0.05, 0.1) is 27.9 Å². The molecule has 0 heterocycles. The van der Waals surface area contributed by atoms with Crippen LogP contribution in [0.4, 0.5) is 0 Å². The van der Waals surface area contributed by atoms with Crippen molar-refractivity contribution in [3.63, 3.8) is 0 Å². The summed E-state index contributed by atoms with van der Waals surface area (Å²) in [6.45, 7) is 0.204. The van der Waals surface area contributed by atoms with E-state index in [0.717, 1.165) is 5.56 Å². The van der Waals surface area contributed by atoms with Crippen LogP contribution < -0.4 is 24.8 Å². The van der Waals surface area contributed by atoms with E-state index in [4.69, 9.17) is 14.2 Å². The molecule has 0 spiro atoms. The lowest BCUT2D eigenvalue weighted by Crippen LogP contribution is -2.36. The summed E-state index contributed by atoms with van der Waals surface area (Å²) in [5, 5.41) is 5.32. The molecule has 0 bridgehead atoms. The largest absolute Gasteiger partial charge is 0.497 e. The predicted molar refractivity (Wildman–Crippen MR) is 96.7 cm³/mol. The number of ether oxygens (including phenoxy) is 3. The lowest BCUT2D eigenvalue weighted by atomic mass is 10.2. The van der Waals surface area contributed by atoms with E-state index in [1.54, 1.807) is 57.7 Å². The summed E-state index contributed by atoms with van der Waals surface area (Å²) in [7, 11) is 4.66. The highest BCUT2D eigenvalue weighted by Crippen LogP contribution is 2.27. The molecule has 0 fully saturated rings. The first-order chi connectivity index (χ1) is 12.6. The van der Waals surface area contributed by atoms with Gasteiger partial charge in [-0.1, -0.05) is 6.07 Å². The molecule has 2 aromatic carbocycles. The number of amides is 2. The van der Waals surface area contributed by atoms with Crippen LogP contribution in [0.5, 0.6) is 17.2 Å². The third-order valence-electron chi connectivity index (χ3n) is 3.70. The van der Waals surface area contributed by atoms with Crippen molar-refractivity contribution in [2.45, 2.75) is 6.54 Å². The molecule has 138 valence electrons. The average Bonchev–Trinajstić information content (AvgIpc) is 2.70. The van der Waals surface area contributed by atoms with Gasteiger partial charge in [-0.2, -0.15) is 0 Å². The van der Waals surface area contributed by atoms with Gasteiger partial charge in [0.25, 0.3) is 5.91 Å². The molecular weight excluding hydrogens is 336 g/mol. The van der Waals surface area contributed by atoms with Crippen molar-refractivity contribution in [2.75, 3.05) is 27.9 Å². The number of carbonyl (C=O) groups excluding carboxylic acids is 2. The minimum absolute atomic E-state index is 0.113. The van der Waals surface area contributed by atoms with Crippen molar-refractivity contribution in [3.8, 4) is 17.2 Å². The molecule has 0 aliphatic rings. The summed E-state index contributed by atoms with van der Waals surface area (Å²) in [5.74, 6) is 1.26. The maximum atomic E-state index is 12.0. The van der Waals surface area contributed by atoms with Gasteiger partial charge < -0.3 is 24.8 Å². The lowest BCUT2D eigenvalue weighted by molar-refractivity contribution is -0.120. The Morgan fingerprint density at radius 3 is 2.15 bits per heavy atom. The molecular formula is C19H22N2O5. The van der Waals surface area contributed by atoms with Crippen molar-refractivity contribution in [1.29, 1.82) is 0 Å². The maximum absolute atomic E-state index is 12.0. The van der Waals surface area contributed by atoms with Gasteiger partial charge in [0.2, 0.25) is 5.91 Å². The fraction of sp³-hybridized carbons (Fsp3) is 0.263. The first kappa shape index (κ1) is 19.1. The van der Waals surface area contributed by atoms with Gasteiger partial charge in [-0.25, -0.2) is 0 Å². The smallest absolute Gasteiger partial charge is 0.251 e. The molecule has 26 heavy (non-hydrogen) atoms. The van der Waals surface area contributed by atoms with Crippen molar-refractivity contribution in [1.82, 2.24) is 10.6 Å². The van der Waals surface area contributed by atoms with E-state index in [9.17, 15) is 9.59 Å². The summed E-state index contributed by atoms with van der Waals surface area (Å²) in [6, 6.07) is 12.0. The van der Waals surface area contributed by atoms with Crippen LogP contribution in [0.2, 0.25) is 0 Å². The SMILES string of the molecule is COc1ccc(C(=O)NCC(=O)NCc2ccc(OC)c(OC)c2)cc1. The lowest BCUT2D eigenvalue weighted by Gasteiger charge is -2.11. The molecule has 2 rings (SSSR count). The highest BCUT2D eigenvalue weighted by Gasteiger charge is 2.09. The molecule has 7 nitrogen and oxygen atoms in total. The molecule has 2 amide bonds. The minimum Gasteiger partial charge on any atom is -0.497 e. The molecule has 7 heteroatoms. The highest BCUT2D eigenvalue weighted by molar-refractivity contribution is 5.96. The van der Waals surface area contributed by atoms with Crippen LogP contribution in [0.1, 0.15) is 15.9 Å². The molecule has 2 aromatic rings. The van der Waals surface area contributed by atoms with E-state index in [0.29, 0.717) is 29.4 Å². The second-order valence-electron chi connectivity index (χ2n) is 5.38. The summed E-state index contributed by atoms with van der Waals surface area (Å²) in [6.07, 6.45) is 0. The molecule has 0 atom stereocenters. The molecule has 0 aromatic heterocycles. The normalized spacial score (nSPS) is 9.96. The van der Waals surface area contributed by atoms with E-state index in [-0.39, 0.29) is 18.4 Å². The fourth-order valence-electron chi connectivity index (χ4n) is 2.26. The first-order valence-electron chi connectivity index (χ1n) is 7.97. The number of nitrogens with one attached hydrogen (secondary N) is 2. The molecule has 0 aliphatic heterocycles.